The fourth-order valence-corrected chi connectivity index (χ4v) is 1.84. The third kappa shape index (κ3) is 3.32. The van der Waals surface area contributed by atoms with E-state index in [1.807, 2.05) is 0 Å². The molecule has 7 heteroatoms. The van der Waals surface area contributed by atoms with Crippen molar-refractivity contribution >= 4 is 29.9 Å². The molecule has 0 aliphatic rings. The van der Waals surface area contributed by atoms with Gasteiger partial charge in [-0.25, -0.2) is 4.79 Å². The molecule has 0 radical (unpaired) electrons. The van der Waals surface area contributed by atoms with Gasteiger partial charge in [0.2, 0.25) is 0 Å². The van der Waals surface area contributed by atoms with Crippen LogP contribution in [-0.4, -0.2) is 39.5 Å². The molecule has 3 N–H and O–H groups in total. The molecule has 0 aliphatic heterocycles. The van der Waals surface area contributed by atoms with E-state index in [-0.39, 0.29) is 4.88 Å². The van der Waals surface area contributed by atoms with Crippen molar-refractivity contribution < 1.29 is 24.7 Å². The van der Waals surface area contributed by atoms with Crippen molar-refractivity contribution in [2.75, 3.05) is 0 Å². The van der Waals surface area contributed by atoms with Crippen LogP contribution < -0.4 is 5.46 Å². The number of carboxylic acid groups (broad SMARTS) is 1. The number of rotatable bonds is 5. The van der Waals surface area contributed by atoms with E-state index in [4.69, 9.17) is 9.76 Å². The molecule has 0 spiro atoms. The minimum Gasteiger partial charge on any atom is -0.477 e. The fourth-order valence-electron chi connectivity index (χ4n) is 1.08. The summed E-state index contributed by atoms with van der Waals surface area (Å²) in [4.78, 5) is 10.9. The minimum atomic E-state index is -1.27. The second-order valence-electron chi connectivity index (χ2n) is 5.09. The highest BCUT2D eigenvalue weighted by Gasteiger charge is 2.39. The molecule has 0 saturated carbocycles. The molecule has 18 heavy (non-hydrogen) atoms. The van der Waals surface area contributed by atoms with Gasteiger partial charge in [0.1, 0.15) is 4.88 Å². The lowest BCUT2D eigenvalue weighted by Crippen LogP contribution is -2.52. The van der Waals surface area contributed by atoms with Gasteiger partial charge in [-0.3, -0.25) is 0 Å². The van der Waals surface area contributed by atoms with Gasteiger partial charge in [0.05, 0.1) is 11.2 Å². The Morgan fingerprint density at radius 3 is 2.33 bits per heavy atom. The average molecular weight is 272 g/mol. The van der Waals surface area contributed by atoms with Crippen molar-refractivity contribution in [1.29, 1.82) is 0 Å². The first-order chi connectivity index (χ1) is 8.04. The zero-order valence-corrected chi connectivity index (χ0v) is 11.6. The van der Waals surface area contributed by atoms with Crippen LogP contribution in [0.15, 0.2) is 11.4 Å². The molecule has 0 atom stereocenters. The fraction of sp³-hybridized carbons (Fsp3) is 0.545. The number of carbonyl (C=O) groups is 1. The lowest BCUT2D eigenvalue weighted by Gasteiger charge is -2.38. The van der Waals surface area contributed by atoms with E-state index in [9.17, 15) is 14.9 Å². The van der Waals surface area contributed by atoms with E-state index in [0.29, 0.717) is 5.46 Å². The molecule has 0 aromatic carbocycles. The Kier molecular flexibility index (Phi) is 4.22. The first-order valence-corrected chi connectivity index (χ1v) is 6.32. The lowest BCUT2D eigenvalue weighted by atomic mass is 9.78. The smallest absolute Gasteiger partial charge is 0.477 e. The predicted molar refractivity (Wildman–Crippen MR) is 70.3 cm³/mol. The maximum Gasteiger partial charge on any atom is 0.492 e. The van der Waals surface area contributed by atoms with E-state index in [0.717, 1.165) is 11.3 Å². The van der Waals surface area contributed by atoms with Crippen molar-refractivity contribution in [2.24, 2.45) is 0 Å². The monoisotopic (exact) mass is 272 g/mol. The van der Waals surface area contributed by atoms with Crippen molar-refractivity contribution in [3.8, 4) is 0 Å². The van der Waals surface area contributed by atoms with Gasteiger partial charge in [-0.15, -0.1) is 11.3 Å². The molecule has 1 aromatic rings. The Balaban J connectivity index is 2.82. The van der Waals surface area contributed by atoms with Crippen LogP contribution >= 0.6 is 11.3 Å². The third-order valence-electron chi connectivity index (χ3n) is 3.00. The lowest BCUT2D eigenvalue weighted by molar-refractivity contribution is -0.0982. The Morgan fingerprint density at radius 2 is 1.94 bits per heavy atom. The minimum absolute atomic E-state index is 0.133. The van der Waals surface area contributed by atoms with E-state index in [1.165, 1.54) is 11.4 Å². The summed E-state index contributed by atoms with van der Waals surface area (Å²) in [5.74, 6) is -1.04. The molecule has 1 rings (SSSR count). The highest BCUT2D eigenvalue weighted by Crippen LogP contribution is 2.25. The maximum absolute atomic E-state index is 10.7. The van der Waals surface area contributed by atoms with E-state index in [2.05, 4.69) is 0 Å². The first-order valence-electron chi connectivity index (χ1n) is 5.44. The largest absolute Gasteiger partial charge is 0.492 e. The molecule has 0 fully saturated rings. The molecule has 0 saturated heterocycles. The van der Waals surface area contributed by atoms with E-state index in [1.54, 1.807) is 27.7 Å². The molecule has 0 aliphatic carbocycles. The van der Waals surface area contributed by atoms with Crippen molar-refractivity contribution in [3.05, 3.63) is 16.3 Å². The zero-order chi connectivity index (χ0) is 14.1. The predicted octanol–water partition coefficient (Wildman–Crippen LogP) is 0.700. The number of hydrogen-bond acceptors (Lipinski definition) is 5. The number of aliphatic hydroxyl groups is 1. The van der Waals surface area contributed by atoms with Crippen LogP contribution in [0, 0.1) is 0 Å². The Morgan fingerprint density at radius 1 is 1.39 bits per heavy atom. The molecule has 0 bridgehead atoms. The molecular formula is C11H17BO5S. The van der Waals surface area contributed by atoms with E-state index < -0.39 is 24.3 Å². The number of aromatic carboxylic acids is 1. The Hall–Kier alpha value is -0.885. The molecule has 100 valence electrons. The summed E-state index contributed by atoms with van der Waals surface area (Å²) < 4.78 is 5.40. The number of thiophene rings is 1. The molecule has 5 nitrogen and oxygen atoms in total. The van der Waals surface area contributed by atoms with Crippen molar-refractivity contribution in [3.63, 3.8) is 0 Å². The van der Waals surface area contributed by atoms with Gasteiger partial charge >= 0.3 is 13.1 Å². The standard InChI is InChI=1S/C11H17BO5S/c1-10(2,15)11(3,4)17-12(16)7-5-8(9(13)14)18-6-7/h5-6,15-16H,1-4H3,(H,13,14). The topological polar surface area (TPSA) is 87.0 Å². The second-order valence-corrected chi connectivity index (χ2v) is 6.00. The van der Waals surface area contributed by atoms with Gasteiger partial charge in [0.15, 0.2) is 0 Å². The average Bonchev–Trinajstić information content (AvgIpc) is 2.63. The summed E-state index contributed by atoms with van der Waals surface area (Å²) >= 11 is 1.02. The third-order valence-corrected chi connectivity index (χ3v) is 3.93. The molecule has 0 unspecified atom stereocenters. The van der Waals surface area contributed by atoms with Gasteiger partial charge in [0.25, 0.3) is 0 Å². The van der Waals surface area contributed by atoms with Gasteiger partial charge < -0.3 is 19.9 Å². The maximum atomic E-state index is 10.7. The molecule has 1 heterocycles. The van der Waals surface area contributed by atoms with Crippen molar-refractivity contribution in [1.82, 2.24) is 0 Å². The molecule has 1 aromatic heterocycles. The normalized spacial score (nSPS) is 12.6. The summed E-state index contributed by atoms with van der Waals surface area (Å²) in [6.45, 7) is 6.47. The number of hydrogen-bond donors (Lipinski definition) is 3. The molecular weight excluding hydrogens is 255 g/mol. The van der Waals surface area contributed by atoms with E-state index >= 15 is 0 Å². The van der Waals surface area contributed by atoms with Crippen molar-refractivity contribution in [2.45, 2.75) is 38.9 Å². The van der Waals surface area contributed by atoms with Gasteiger partial charge in [-0.1, -0.05) is 0 Å². The van der Waals surface area contributed by atoms with Crippen LogP contribution in [0.3, 0.4) is 0 Å². The summed E-state index contributed by atoms with van der Waals surface area (Å²) in [7, 11) is -1.27. The Labute approximate surface area is 110 Å². The van der Waals surface area contributed by atoms with Crippen LogP contribution in [0.5, 0.6) is 0 Å². The first kappa shape index (κ1) is 15.2. The SMILES string of the molecule is CC(C)(O)C(C)(C)OB(O)c1csc(C(=O)O)c1. The van der Waals surface area contributed by atoms with Crippen LogP contribution in [0.25, 0.3) is 0 Å². The van der Waals surface area contributed by atoms with Crippen LogP contribution in [0.4, 0.5) is 0 Å². The molecule has 0 amide bonds. The quantitative estimate of drug-likeness (QED) is 0.687. The van der Waals surface area contributed by atoms with Crippen LogP contribution in [0.2, 0.25) is 0 Å². The highest BCUT2D eigenvalue weighted by molar-refractivity contribution is 7.13. The Bertz CT molecular complexity index is 435. The summed E-state index contributed by atoms with van der Waals surface area (Å²) in [6, 6.07) is 1.36. The summed E-state index contributed by atoms with van der Waals surface area (Å²) in [5.41, 5.74) is -1.74. The van der Waals surface area contributed by atoms with Crippen LogP contribution in [0.1, 0.15) is 37.4 Å². The van der Waals surface area contributed by atoms with Gasteiger partial charge in [0, 0.05) is 0 Å². The summed E-state index contributed by atoms with van der Waals surface area (Å²) in [6.07, 6.45) is 0. The van der Waals surface area contributed by atoms with Crippen LogP contribution in [-0.2, 0) is 4.65 Å². The van der Waals surface area contributed by atoms with Gasteiger partial charge in [-0.05, 0) is 44.6 Å². The van der Waals surface area contributed by atoms with Gasteiger partial charge in [-0.2, -0.15) is 0 Å². The zero-order valence-electron chi connectivity index (χ0n) is 10.8. The number of carboxylic acids is 1. The second kappa shape index (κ2) is 5.01. The summed E-state index contributed by atoms with van der Waals surface area (Å²) in [5, 5.41) is 30.1. The highest BCUT2D eigenvalue weighted by atomic mass is 32.1.